The average molecular weight is 994 g/mol. The fraction of sp³-hybridized carbons (Fsp3) is 0.296. The predicted octanol–water partition coefficient (Wildman–Crippen LogP) is 17.7. The Labute approximate surface area is 451 Å². The third-order valence-electron chi connectivity index (χ3n) is 17.6. The molecule has 0 radical (unpaired) electrons. The molecular weight excluding hydrogens is 922 g/mol. The third-order valence-corrected chi connectivity index (χ3v) is 17.6. The Hall–Kier alpha value is -7.24. The molecule has 2 aromatic heterocycles. The first-order valence-corrected chi connectivity index (χ1v) is 27.7. The Kier molecular flexibility index (Phi) is 10.1. The number of aryl methyl sites for hydroxylation is 2. The zero-order valence-corrected chi connectivity index (χ0v) is 47.7. The predicted molar refractivity (Wildman–Crippen MR) is 326 cm³/mol. The highest BCUT2D eigenvalue weighted by Gasteiger charge is 2.48. The van der Waals surface area contributed by atoms with Gasteiger partial charge in [0.25, 0.3) is 6.71 Å². The monoisotopic (exact) mass is 994 g/mol. The Morgan fingerprint density at radius 1 is 0.487 bits per heavy atom. The molecule has 4 heterocycles. The summed E-state index contributed by atoms with van der Waals surface area (Å²) in [6.45, 7) is 37.2. The fourth-order valence-electron chi connectivity index (χ4n) is 13.4. The van der Waals surface area contributed by atoms with Gasteiger partial charge < -0.3 is 18.8 Å². The van der Waals surface area contributed by atoms with Crippen molar-refractivity contribution < 1.29 is 4.42 Å². The van der Waals surface area contributed by atoms with Gasteiger partial charge in [0, 0.05) is 72.5 Å². The van der Waals surface area contributed by atoms with E-state index < -0.39 is 0 Å². The summed E-state index contributed by atoms with van der Waals surface area (Å²) < 4.78 is 9.98. The Morgan fingerprint density at radius 2 is 1.08 bits per heavy atom. The van der Waals surface area contributed by atoms with Crippen LogP contribution >= 0.6 is 0 Å². The second kappa shape index (κ2) is 15.9. The van der Waals surface area contributed by atoms with Crippen molar-refractivity contribution in [3.05, 3.63) is 190 Å². The summed E-state index contributed by atoms with van der Waals surface area (Å²) in [6, 6.07) is 56.5. The van der Waals surface area contributed by atoms with Crippen molar-refractivity contribution in [1.82, 2.24) is 4.57 Å². The third kappa shape index (κ3) is 6.95. The van der Waals surface area contributed by atoms with Gasteiger partial charge in [0.15, 0.2) is 5.58 Å². The molecule has 0 atom stereocenters. The number of para-hydroxylation sites is 2. The van der Waals surface area contributed by atoms with Crippen molar-refractivity contribution in [1.29, 1.82) is 0 Å². The fourth-order valence-corrected chi connectivity index (χ4v) is 13.4. The molecule has 0 spiro atoms. The standard InChI is InChI=1S/C71H72BN3O/c1-41-35-43(67(3,4)5)28-33-55(41)73(56-34-29-44(36-42(56)2)68(6,7)8)47-30-32-53-58(40-47)74(57-26-20-22-49-48-31-27-45(69(9,10)11)39-61(48)76-65(49)57)59-37-46(70(12,13)14)38-60-63(59)72(53)54-25-19-23-51-62-50-21-17-18-24-52(50)71(15,16)66(62)75(60)64(51)54/h17-40H,1-16H3. The summed E-state index contributed by atoms with van der Waals surface area (Å²) in [5.41, 5.74) is 28.0. The molecule has 2 aliphatic heterocycles. The van der Waals surface area contributed by atoms with E-state index in [1.165, 1.54) is 106 Å². The van der Waals surface area contributed by atoms with Gasteiger partial charge in [0.1, 0.15) is 5.58 Å². The molecule has 0 saturated carbocycles. The lowest BCUT2D eigenvalue weighted by Gasteiger charge is -2.42. The number of hydrogen-bond donors (Lipinski definition) is 0. The van der Waals surface area contributed by atoms with Gasteiger partial charge >= 0.3 is 0 Å². The van der Waals surface area contributed by atoms with Crippen molar-refractivity contribution in [2.75, 3.05) is 9.80 Å². The highest BCUT2D eigenvalue weighted by Crippen LogP contribution is 2.56. The molecule has 0 bridgehead atoms. The van der Waals surface area contributed by atoms with Crippen LogP contribution in [0.1, 0.15) is 142 Å². The number of benzene rings is 8. The van der Waals surface area contributed by atoms with Gasteiger partial charge in [-0.1, -0.05) is 194 Å². The Morgan fingerprint density at radius 3 is 1.72 bits per heavy atom. The lowest BCUT2D eigenvalue weighted by Crippen LogP contribution is -2.60. The summed E-state index contributed by atoms with van der Waals surface area (Å²) in [4.78, 5) is 5.12. The zero-order chi connectivity index (χ0) is 53.5. The van der Waals surface area contributed by atoms with E-state index in [4.69, 9.17) is 4.42 Å². The van der Waals surface area contributed by atoms with Crippen LogP contribution in [0.15, 0.2) is 150 Å². The number of aromatic nitrogens is 1. The molecule has 0 amide bonds. The molecule has 4 nitrogen and oxygen atoms in total. The van der Waals surface area contributed by atoms with E-state index in [2.05, 4.69) is 271 Å². The van der Waals surface area contributed by atoms with Crippen LogP contribution in [0.5, 0.6) is 0 Å². The maximum atomic E-state index is 7.28. The van der Waals surface area contributed by atoms with Crippen LogP contribution in [0.4, 0.5) is 34.1 Å². The van der Waals surface area contributed by atoms with E-state index >= 15 is 0 Å². The smallest absolute Gasteiger partial charge is 0.252 e. The topological polar surface area (TPSA) is 24.6 Å². The quantitative estimate of drug-likeness (QED) is 0.164. The maximum Gasteiger partial charge on any atom is 0.252 e. The Balaban J connectivity index is 1.15. The molecular formula is C71H72BN3O. The summed E-state index contributed by atoms with van der Waals surface area (Å²) in [6.07, 6.45) is 0. The first-order chi connectivity index (χ1) is 35.8. The van der Waals surface area contributed by atoms with Gasteiger partial charge in [-0.25, -0.2) is 0 Å². The largest absolute Gasteiger partial charge is 0.454 e. The Bertz CT molecular complexity index is 4050. The van der Waals surface area contributed by atoms with E-state index in [-0.39, 0.29) is 33.8 Å². The SMILES string of the molecule is Cc1cc(C(C)(C)C)ccc1N(c1ccc2c(c1)N(c1cccc3c1oc1cc(C(C)(C)C)ccc13)c1cc(C(C)(C)C)cc3c1B2c1cccc2c4c(n-3c12)C(C)(C)c1ccccc1-4)c1ccc(C(C)(C)C)cc1C. The first-order valence-electron chi connectivity index (χ1n) is 27.7. The minimum Gasteiger partial charge on any atom is -0.454 e. The molecule has 10 aromatic rings. The van der Waals surface area contributed by atoms with Gasteiger partial charge in [-0.3, -0.25) is 0 Å². The second-order valence-electron chi connectivity index (χ2n) is 27.2. The summed E-state index contributed by atoms with van der Waals surface area (Å²) in [5.74, 6) is 0. The van der Waals surface area contributed by atoms with Crippen LogP contribution < -0.4 is 26.2 Å². The van der Waals surface area contributed by atoms with Gasteiger partial charge in [-0.2, -0.15) is 0 Å². The van der Waals surface area contributed by atoms with Gasteiger partial charge in [-0.05, 0) is 145 Å². The van der Waals surface area contributed by atoms with Crippen molar-refractivity contribution in [2.24, 2.45) is 0 Å². The normalized spacial score (nSPS) is 14.6. The highest BCUT2D eigenvalue weighted by atomic mass is 16.3. The van der Waals surface area contributed by atoms with Gasteiger partial charge in [0.2, 0.25) is 0 Å². The molecule has 76 heavy (non-hydrogen) atoms. The van der Waals surface area contributed by atoms with E-state index in [0.29, 0.717) is 0 Å². The molecule has 5 heteroatoms. The van der Waals surface area contributed by atoms with Crippen LogP contribution in [-0.4, -0.2) is 11.3 Å². The average Bonchev–Trinajstić information content (AvgIpc) is 4.19. The zero-order valence-electron chi connectivity index (χ0n) is 47.7. The van der Waals surface area contributed by atoms with Crippen LogP contribution in [0.25, 0.3) is 49.7 Å². The second-order valence-corrected chi connectivity index (χ2v) is 27.2. The number of nitrogens with zero attached hydrogens (tertiary/aromatic N) is 3. The highest BCUT2D eigenvalue weighted by molar-refractivity contribution is 7.00. The van der Waals surface area contributed by atoms with Crippen molar-refractivity contribution in [3.63, 3.8) is 0 Å². The van der Waals surface area contributed by atoms with Crippen LogP contribution in [0.3, 0.4) is 0 Å². The molecule has 0 fully saturated rings. The van der Waals surface area contributed by atoms with E-state index in [9.17, 15) is 0 Å². The molecule has 8 aromatic carbocycles. The lowest BCUT2D eigenvalue weighted by molar-refractivity contribution is 0.587. The number of anilines is 6. The van der Waals surface area contributed by atoms with E-state index in [0.717, 1.165) is 39.0 Å². The maximum absolute atomic E-state index is 7.28. The summed E-state index contributed by atoms with van der Waals surface area (Å²) in [7, 11) is 0. The van der Waals surface area contributed by atoms with Crippen molar-refractivity contribution >= 4 is 90.1 Å². The molecule has 0 unspecified atom stereocenters. The van der Waals surface area contributed by atoms with Crippen LogP contribution in [-0.2, 0) is 27.1 Å². The first kappa shape index (κ1) is 48.4. The molecule has 13 rings (SSSR count). The summed E-state index contributed by atoms with van der Waals surface area (Å²) >= 11 is 0. The van der Waals surface area contributed by atoms with Gasteiger partial charge in [-0.15, -0.1) is 0 Å². The number of hydrogen-bond acceptors (Lipinski definition) is 3. The molecule has 1 aliphatic carbocycles. The molecule has 0 saturated heterocycles. The van der Waals surface area contributed by atoms with Crippen molar-refractivity contribution in [3.8, 4) is 16.8 Å². The molecule has 0 N–H and O–H groups in total. The summed E-state index contributed by atoms with van der Waals surface area (Å²) in [5, 5.41) is 3.58. The number of fused-ring (bicyclic) bond motifs is 12. The van der Waals surface area contributed by atoms with Crippen LogP contribution in [0, 0.1) is 13.8 Å². The van der Waals surface area contributed by atoms with Crippen LogP contribution in [0.2, 0.25) is 0 Å². The minimum absolute atomic E-state index is 0.0108. The van der Waals surface area contributed by atoms with E-state index in [1.807, 2.05) is 0 Å². The van der Waals surface area contributed by atoms with E-state index in [1.54, 1.807) is 0 Å². The molecule has 3 aliphatic rings. The molecule has 380 valence electrons. The van der Waals surface area contributed by atoms with Gasteiger partial charge in [0.05, 0.1) is 5.69 Å². The number of furan rings is 1. The lowest BCUT2D eigenvalue weighted by atomic mass is 9.33. The number of rotatable bonds is 4. The van der Waals surface area contributed by atoms with Crippen molar-refractivity contribution in [2.45, 2.75) is 138 Å². The minimum atomic E-state index is -0.234.